The summed E-state index contributed by atoms with van der Waals surface area (Å²) in [5.41, 5.74) is 2.59. The average Bonchev–Trinajstić information content (AvgIpc) is 3.68. The van der Waals surface area contributed by atoms with E-state index in [1.54, 1.807) is 17.0 Å². The van der Waals surface area contributed by atoms with Crippen molar-refractivity contribution in [3.05, 3.63) is 75.7 Å². The molecule has 4 heterocycles. The third-order valence-corrected chi connectivity index (χ3v) is 9.03. The number of sulfonamides is 1. The van der Waals surface area contributed by atoms with Gasteiger partial charge in [0.1, 0.15) is 16.5 Å². The van der Waals surface area contributed by atoms with Crippen molar-refractivity contribution in [2.24, 2.45) is 0 Å². The van der Waals surface area contributed by atoms with Gasteiger partial charge in [0.05, 0.1) is 12.3 Å². The SMILES string of the molecule is Cc1csc(C2CCCN2C(=O)c2cc(-c3nnc(C(C)Cc4ccccc4)o3)cc(N(C)S(C)(=O)=O)n2)n1. The molecule has 0 saturated carbocycles. The molecular weight excluding hydrogens is 536 g/mol. The Morgan fingerprint density at radius 1 is 1.21 bits per heavy atom. The molecule has 4 aromatic rings. The molecule has 2 unspecified atom stereocenters. The van der Waals surface area contributed by atoms with E-state index in [1.165, 1.54) is 18.4 Å². The average molecular weight is 567 g/mol. The zero-order valence-electron chi connectivity index (χ0n) is 22.2. The summed E-state index contributed by atoms with van der Waals surface area (Å²) in [6.45, 7) is 4.49. The molecule has 12 heteroatoms. The lowest BCUT2D eigenvalue weighted by molar-refractivity contribution is 0.0729. The Kier molecular flexibility index (Phi) is 7.50. The van der Waals surface area contributed by atoms with Crippen molar-refractivity contribution < 1.29 is 17.6 Å². The Bertz CT molecular complexity index is 1580. The first-order valence-corrected chi connectivity index (χ1v) is 15.4. The van der Waals surface area contributed by atoms with E-state index in [2.05, 4.69) is 20.2 Å². The number of anilines is 1. The number of benzene rings is 1. The molecule has 0 radical (unpaired) electrons. The van der Waals surface area contributed by atoms with Gasteiger partial charge in [-0.3, -0.25) is 9.10 Å². The van der Waals surface area contributed by atoms with Crippen LogP contribution in [0.5, 0.6) is 0 Å². The summed E-state index contributed by atoms with van der Waals surface area (Å²) in [4.78, 5) is 24.6. The van der Waals surface area contributed by atoms with Gasteiger partial charge < -0.3 is 9.32 Å². The standard InChI is InChI=1S/C27H30N6O4S2/c1-17(13-19-9-6-5-7-10-19)24-30-31-25(37-24)20-14-21(29-23(15-20)32(3)39(4,35)36)27(34)33-12-8-11-22(33)26-28-18(2)16-38-26/h5-7,9-10,14-17,22H,8,11-13H2,1-4H3. The van der Waals surface area contributed by atoms with E-state index < -0.39 is 10.0 Å². The van der Waals surface area contributed by atoms with Gasteiger partial charge in [0.15, 0.2) is 0 Å². The van der Waals surface area contributed by atoms with Crippen molar-refractivity contribution in [1.29, 1.82) is 0 Å². The fraction of sp³-hybridized carbons (Fsp3) is 0.370. The van der Waals surface area contributed by atoms with Crippen LogP contribution in [0.1, 0.15) is 64.4 Å². The molecule has 1 amide bonds. The Morgan fingerprint density at radius 2 is 1.97 bits per heavy atom. The zero-order valence-corrected chi connectivity index (χ0v) is 23.9. The highest BCUT2D eigenvalue weighted by molar-refractivity contribution is 7.92. The van der Waals surface area contributed by atoms with Gasteiger partial charge in [0.2, 0.25) is 21.8 Å². The number of hydrogen-bond donors (Lipinski definition) is 0. The van der Waals surface area contributed by atoms with E-state index in [4.69, 9.17) is 4.42 Å². The summed E-state index contributed by atoms with van der Waals surface area (Å²) in [6.07, 6.45) is 3.45. The van der Waals surface area contributed by atoms with Crippen molar-refractivity contribution in [2.45, 2.75) is 45.1 Å². The van der Waals surface area contributed by atoms with Crippen molar-refractivity contribution in [2.75, 3.05) is 24.2 Å². The maximum Gasteiger partial charge on any atom is 0.273 e. The number of pyridine rings is 1. The summed E-state index contributed by atoms with van der Waals surface area (Å²) >= 11 is 1.53. The van der Waals surface area contributed by atoms with Crippen molar-refractivity contribution >= 4 is 33.1 Å². The van der Waals surface area contributed by atoms with Crippen LogP contribution in [0.25, 0.3) is 11.5 Å². The number of rotatable bonds is 8. The Balaban J connectivity index is 1.49. The number of hydrogen-bond acceptors (Lipinski definition) is 9. The summed E-state index contributed by atoms with van der Waals surface area (Å²) < 4.78 is 31.8. The van der Waals surface area contributed by atoms with Crippen molar-refractivity contribution in [3.63, 3.8) is 0 Å². The molecule has 10 nitrogen and oxygen atoms in total. The second-order valence-electron chi connectivity index (χ2n) is 9.85. The van der Waals surface area contributed by atoms with Gasteiger partial charge in [-0.25, -0.2) is 18.4 Å². The quantitative estimate of drug-likeness (QED) is 0.303. The minimum atomic E-state index is -3.64. The van der Waals surface area contributed by atoms with Crippen LogP contribution in [0, 0.1) is 6.92 Å². The topological polar surface area (TPSA) is 122 Å². The van der Waals surface area contributed by atoms with E-state index >= 15 is 0 Å². The monoisotopic (exact) mass is 566 g/mol. The zero-order chi connectivity index (χ0) is 27.7. The number of carbonyl (C=O) groups excluding carboxylic acids is 1. The molecule has 1 aromatic carbocycles. The normalized spacial score (nSPS) is 16.4. The number of carbonyl (C=O) groups is 1. The molecule has 0 spiro atoms. The molecule has 0 N–H and O–H groups in total. The molecule has 0 aliphatic carbocycles. The molecule has 1 saturated heterocycles. The Labute approximate surface area is 231 Å². The van der Waals surface area contributed by atoms with Gasteiger partial charge in [0, 0.05) is 36.1 Å². The van der Waals surface area contributed by atoms with Crippen LogP contribution in [0.4, 0.5) is 5.82 Å². The van der Waals surface area contributed by atoms with E-state index in [1.807, 2.05) is 49.6 Å². The number of aromatic nitrogens is 4. The molecule has 1 fully saturated rings. The van der Waals surface area contributed by atoms with Crippen molar-refractivity contribution in [1.82, 2.24) is 25.1 Å². The minimum absolute atomic E-state index is 0.0399. The third-order valence-electron chi connectivity index (χ3n) is 6.78. The maximum atomic E-state index is 13.8. The highest BCUT2D eigenvalue weighted by Gasteiger charge is 2.34. The summed E-state index contributed by atoms with van der Waals surface area (Å²) in [5, 5.41) is 11.3. The molecule has 204 valence electrons. The van der Waals surface area contributed by atoms with Gasteiger partial charge in [-0.05, 0) is 43.9 Å². The molecule has 1 aliphatic heterocycles. The maximum absolute atomic E-state index is 13.8. The third kappa shape index (κ3) is 5.86. The van der Waals surface area contributed by atoms with Crippen molar-refractivity contribution in [3.8, 4) is 11.5 Å². The molecule has 2 atom stereocenters. The smallest absolute Gasteiger partial charge is 0.273 e. The van der Waals surface area contributed by atoms with Gasteiger partial charge in [-0.1, -0.05) is 37.3 Å². The molecule has 3 aromatic heterocycles. The molecule has 1 aliphatic rings. The lowest BCUT2D eigenvalue weighted by atomic mass is 10.0. The number of aryl methyl sites for hydroxylation is 1. The predicted molar refractivity (Wildman–Crippen MR) is 149 cm³/mol. The second-order valence-corrected chi connectivity index (χ2v) is 12.8. The molecule has 5 rings (SSSR count). The predicted octanol–water partition coefficient (Wildman–Crippen LogP) is 4.62. The largest absolute Gasteiger partial charge is 0.420 e. The highest BCUT2D eigenvalue weighted by atomic mass is 32.2. The molecule has 39 heavy (non-hydrogen) atoms. The van der Waals surface area contributed by atoms with Crippen LogP contribution in [0.2, 0.25) is 0 Å². The second kappa shape index (κ2) is 10.9. The van der Waals surface area contributed by atoms with Crippen LogP contribution in [0.15, 0.2) is 52.3 Å². The van der Waals surface area contributed by atoms with Gasteiger partial charge >= 0.3 is 0 Å². The lowest BCUT2D eigenvalue weighted by Gasteiger charge is -2.24. The lowest BCUT2D eigenvalue weighted by Crippen LogP contribution is -2.32. The van der Waals surface area contributed by atoms with E-state index in [0.29, 0.717) is 18.0 Å². The fourth-order valence-corrected chi connectivity index (χ4v) is 6.00. The molecule has 0 bridgehead atoms. The van der Waals surface area contributed by atoms with E-state index in [0.717, 1.165) is 46.1 Å². The summed E-state index contributed by atoms with van der Waals surface area (Å²) in [6, 6.07) is 13.0. The first-order valence-electron chi connectivity index (χ1n) is 12.7. The summed E-state index contributed by atoms with van der Waals surface area (Å²) in [7, 11) is -2.24. The minimum Gasteiger partial charge on any atom is -0.420 e. The van der Waals surface area contributed by atoms with Crippen LogP contribution in [0.3, 0.4) is 0 Å². The van der Waals surface area contributed by atoms with Crippen LogP contribution < -0.4 is 4.31 Å². The van der Waals surface area contributed by atoms with E-state index in [9.17, 15) is 13.2 Å². The number of nitrogens with zero attached hydrogens (tertiary/aromatic N) is 6. The number of likely N-dealkylation sites (tertiary alicyclic amines) is 1. The Morgan fingerprint density at radius 3 is 2.67 bits per heavy atom. The van der Waals surface area contributed by atoms with Crippen LogP contribution in [-0.4, -0.2) is 59.2 Å². The summed E-state index contributed by atoms with van der Waals surface area (Å²) in [5.74, 6) is 0.402. The van der Waals surface area contributed by atoms with Crippen LogP contribution >= 0.6 is 11.3 Å². The van der Waals surface area contributed by atoms with Gasteiger partial charge in [0.25, 0.3) is 5.91 Å². The van der Waals surface area contributed by atoms with E-state index in [-0.39, 0.29) is 35.3 Å². The van der Waals surface area contributed by atoms with Gasteiger partial charge in [-0.2, -0.15) is 0 Å². The first-order chi connectivity index (χ1) is 18.6. The highest BCUT2D eigenvalue weighted by Crippen LogP contribution is 2.35. The fourth-order valence-electron chi connectivity index (χ4n) is 4.62. The van der Waals surface area contributed by atoms with Gasteiger partial charge in [-0.15, -0.1) is 21.5 Å². The first kappa shape index (κ1) is 26.9. The molecular formula is C27H30N6O4S2. The van der Waals surface area contributed by atoms with Crippen LogP contribution in [-0.2, 0) is 16.4 Å². The Hall–Kier alpha value is -3.64. The number of thiazole rings is 1. The number of amides is 1.